The summed E-state index contributed by atoms with van der Waals surface area (Å²) in [7, 11) is 1.41. The number of benzene rings is 1. The van der Waals surface area contributed by atoms with Crippen molar-refractivity contribution in [3.63, 3.8) is 0 Å². The average molecular weight is 281 g/mol. The Bertz CT molecular complexity index is 600. The van der Waals surface area contributed by atoms with Crippen molar-refractivity contribution in [2.24, 2.45) is 0 Å². The summed E-state index contributed by atoms with van der Waals surface area (Å²) in [6, 6.07) is 3.90. The molecular weight excluding hydrogens is 269 g/mol. The van der Waals surface area contributed by atoms with Crippen LogP contribution in [0.15, 0.2) is 23.6 Å². The van der Waals surface area contributed by atoms with E-state index in [4.69, 9.17) is 10.5 Å². The van der Waals surface area contributed by atoms with E-state index in [9.17, 15) is 9.18 Å². The van der Waals surface area contributed by atoms with Crippen LogP contribution in [0.4, 0.5) is 15.2 Å². The van der Waals surface area contributed by atoms with Gasteiger partial charge in [0.05, 0.1) is 24.9 Å². The zero-order valence-corrected chi connectivity index (χ0v) is 11.0. The summed E-state index contributed by atoms with van der Waals surface area (Å²) in [6.07, 6.45) is 0.105. The fourth-order valence-electron chi connectivity index (χ4n) is 1.53. The van der Waals surface area contributed by atoms with E-state index in [2.05, 4.69) is 10.3 Å². The lowest BCUT2D eigenvalue weighted by Crippen LogP contribution is -2.15. The number of halogens is 1. The Balaban J connectivity index is 2.06. The molecule has 0 aliphatic rings. The number of hydrogen-bond acceptors (Lipinski definition) is 5. The van der Waals surface area contributed by atoms with Gasteiger partial charge >= 0.3 is 0 Å². The molecule has 100 valence electrons. The largest absolute Gasteiger partial charge is 0.494 e. The van der Waals surface area contributed by atoms with Crippen LogP contribution >= 0.6 is 11.3 Å². The Hall–Kier alpha value is -2.15. The highest BCUT2D eigenvalue weighted by Gasteiger charge is 2.10. The highest BCUT2D eigenvalue weighted by Crippen LogP contribution is 2.25. The molecular formula is C12H12FN3O2S. The Morgan fingerprint density at radius 1 is 1.58 bits per heavy atom. The van der Waals surface area contributed by atoms with Crippen molar-refractivity contribution in [3.05, 3.63) is 35.1 Å². The molecule has 7 heteroatoms. The van der Waals surface area contributed by atoms with Crippen LogP contribution in [0, 0.1) is 5.82 Å². The first-order valence-electron chi connectivity index (χ1n) is 5.42. The first-order valence-corrected chi connectivity index (χ1v) is 6.29. The van der Waals surface area contributed by atoms with E-state index in [1.807, 2.05) is 0 Å². The van der Waals surface area contributed by atoms with Crippen LogP contribution in [0.2, 0.25) is 0 Å². The Kier molecular flexibility index (Phi) is 3.96. The zero-order valence-electron chi connectivity index (χ0n) is 10.1. The van der Waals surface area contributed by atoms with Gasteiger partial charge in [0.15, 0.2) is 5.13 Å². The molecule has 1 aromatic carbocycles. The van der Waals surface area contributed by atoms with E-state index in [0.717, 1.165) is 0 Å². The van der Waals surface area contributed by atoms with Gasteiger partial charge in [-0.25, -0.2) is 9.37 Å². The third kappa shape index (κ3) is 3.41. The lowest BCUT2D eigenvalue weighted by molar-refractivity contribution is -0.115. The topological polar surface area (TPSA) is 77.2 Å². The summed E-state index contributed by atoms with van der Waals surface area (Å²) < 4.78 is 18.0. The summed E-state index contributed by atoms with van der Waals surface area (Å²) in [5, 5.41) is 4.78. The lowest BCUT2D eigenvalue weighted by Gasteiger charge is -2.09. The number of thiazole rings is 1. The molecule has 1 heterocycles. The molecule has 5 nitrogen and oxygen atoms in total. The molecule has 0 saturated heterocycles. The van der Waals surface area contributed by atoms with Gasteiger partial charge in [0.25, 0.3) is 0 Å². The predicted octanol–water partition coefficient (Wildman–Crippen LogP) is 2.05. The van der Waals surface area contributed by atoms with E-state index in [0.29, 0.717) is 16.5 Å². The molecule has 0 aliphatic heterocycles. The maximum Gasteiger partial charge on any atom is 0.230 e. The lowest BCUT2D eigenvalue weighted by atomic mass is 10.2. The van der Waals surface area contributed by atoms with Gasteiger partial charge in [-0.1, -0.05) is 0 Å². The smallest absolute Gasteiger partial charge is 0.230 e. The molecule has 0 fully saturated rings. The Morgan fingerprint density at radius 3 is 3.00 bits per heavy atom. The maximum absolute atomic E-state index is 13.0. The molecule has 0 radical (unpaired) electrons. The molecule has 0 saturated carbocycles. The number of carbonyl (C=O) groups is 1. The van der Waals surface area contributed by atoms with Crippen molar-refractivity contribution in [3.8, 4) is 5.75 Å². The van der Waals surface area contributed by atoms with E-state index in [1.54, 1.807) is 5.38 Å². The summed E-state index contributed by atoms with van der Waals surface area (Å²) in [6.45, 7) is 0. The minimum Gasteiger partial charge on any atom is -0.494 e. The quantitative estimate of drug-likeness (QED) is 0.899. The highest BCUT2D eigenvalue weighted by molar-refractivity contribution is 7.13. The highest BCUT2D eigenvalue weighted by atomic mass is 32.1. The van der Waals surface area contributed by atoms with Gasteiger partial charge in [0, 0.05) is 11.4 Å². The minimum absolute atomic E-state index is 0.105. The van der Waals surface area contributed by atoms with Crippen molar-refractivity contribution in [1.82, 2.24) is 4.98 Å². The Morgan fingerprint density at radius 2 is 2.37 bits per heavy atom. The standard InChI is InChI=1S/C12H12FN3O2S/c1-18-10-4-7(13)2-3-9(10)16-11(17)5-8-6-19-12(14)15-8/h2-4,6H,5H2,1H3,(H2,14,15)(H,16,17). The van der Waals surface area contributed by atoms with E-state index in [-0.39, 0.29) is 18.1 Å². The molecule has 0 spiro atoms. The molecule has 3 N–H and O–H groups in total. The summed E-state index contributed by atoms with van der Waals surface area (Å²) in [4.78, 5) is 15.8. The van der Waals surface area contributed by atoms with Gasteiger partial charge in [-0.3, -0.25) is 4.79 Å². The summed E-state index contributed by atoms with van der Waals surface area (Å²) in [5.41, 5.74) is 6.50. The van der Waals surface area contributed by atoms with Gasteiger partial charge in [0.1, 0.15) is 11.6 Å². The number of hydrogen-bond donors (Lipinski definition) is 2. The molecule has 1 aromatic heterocycles. The second kappa shape index (κ2) is 5.66. The van der Waals surface area contributed by atoms with Crippen molar-refractivity contribution >= 4 is 28.1 Å². The molecule has 2 aromatic rings. The molecule has 1 amide bonds. The second-order valence-corrected chi connectivity index (χ2v) is 4.64. The summed E-state index contributed by atoms with van der Waals surface area (Å²) >= 11 is 1.27. The monoisotopic (exact) mass is 281 g/mol. The molecule has 2 rings (SSSR count). The number of anilines is 2. The molecule has 0 bridgehead atoms. The van der Waals surface area contributed by atoms with Gasteiger partial charge < -0.3 is 15.8 Å². The zero-order chi connectivity index (χ0) is 13.8. The third-order valence-electron chi connectivity index (χ3n) is 2.35. The fraction of sp³-hybridized carbons (Fsp3) is 0.167. The van der Waals surface area contributed by atoms with E-state index >= 15 is 0 Å². The number of ether oxygens (including phenoxy) is 1. The van der Waals surface area contributed by atoms with E-state index in [1.165, 1.54) is 36.6 Å². The van der Waals surface area contributed by atoms with Crippen LogP contribution in [0.1, 0.15) is 5.69 Å². The van der Waals surface area contributed by atoms with Crippen LogP contribution < -0.4 is 15.8 Å². The van der Waals surface area contributed by atoms with Crippen LogP contribution in [0.3, 0.4) is 0 Å². The van der Waals surface area contributed by atoms with E-state index < -0.39 is 5.82 Å². The van der Waals surface area contributed by atoms with Crippen molar-refractivity contribution in [2.45, 2.75) is 6.42 Å². The van der Waals surface area contributed by atoms with Crippen molar-refractivity contribution in [1.29, 1.82) is 0 Å². The number of nitrogens with two attached hydrogens (primary N) is 1. The predicted molar refractivity (Wildman–Crippen MR) is 71.8 cm³/mol. The Labute approximate surface area is 113 Å². The first-order chi connectivity index (χ1) is 9.08. The third-order valence-corrected chi connectivity index (χ3v) is 3.07. The summed E-state index contributed by atoms with van der Waals surface area (Å²) in [5.74, 6) is -0.427. The van der Waals surface area contributed by atoms with Crippen molar-refractivity contribution < 1.29 is 13.9 Å². The number of rotatable bonds is 4. The molecule has 0 aliphatic carbocycles. The SMILES string of the molecule is COc1cc(F)ccc1NC(=O)Cc1csc(N)n1. The van der Waals surface area contributed by atoms with Crippen LogP contribution in [0.25, 0.3) is 0 Å². The number of amides is 1. The number of nitrogens with zero attached hydrogens (tertiary/aromatic N) is 1. The second-order valence-electron chi connectivity index (χ2n) is 3.75. The van der Waals surface area contributed by atoms with Gasteiger partial charge in [-0.2, -0.15) is 0 Å². The molecule has 0 unspecified atom stereocenters. The number of nitrogens with one attached hydrogen (secondary N) is 1. The number of methoxy groups -OCH3 is 1. The fourth-order valence-corrected chi connectivity index (χ4v) is 2.09. The molecule has 19 heavy (non-hydrogen) atoms. The van der Waals surface area contributed by atoms with Gasteiger partial charge in [-0.15, -0.1) is 11.3 Å². The minimum atomic E-state index is -0.429. The number of aromatic nitrogens is 1. The number of carbonyl (C=O) groups excluding carboxylic acids is 1. The maximum atomic E-state index is 13.0. The van der Waals surface area contributed by atoms with Gasteiger partial charge in [0.2, 0.25) is 5.91 Å². The van der Waals surface area contributed by atoms with Crippen LogP contribution in [0.5, 0.6) is 5.75 Å². The number of nitrogen functional groups attached to an aromatic ring is 1. The first kappa shape index (κ1) is 13.3. The molecule has 0 atom stereocenters. The van der Waals surface area contributed by atoms with Crippen LogP contribution in [-0.4, -0.2) is 18.0 Å². The average Bonchev–Trinajstić information content (AvgIpc) is 2.76. The van der Waals surface area contributed by atoms with Crippen LogP contribution in [-0.2, 0) is 11.2 Å². The normalized spacial score (nSPS) is 10.2. The van der Waals surface area contributed by atoms with Crippen molar-refractivity contribution in [2.75, 3.05) is 18.2 Å². The van der Waals surface area contributed by atoms with Gasteiger partial charge in [-0.05, 0) is 12.1 Å².